The maximum atomic E-state index is 14.1. The molecule has 5 rings (SSSR count). The van der Waals surface area contributed by atoms with Crippen molar-refractivity contribution in [2.45, 2.75) is 0 Å². The number of hydrogen-bond acceptors (Lipinski definition) is 2. The molecule has 0 amide bonds. The number of rotatable bonds is 1. The Kier molecular flexibility index (Phi) is 3.13. The molecular formula is C24H11FN2. The summed E-state index contributed by atoms with van der Waals surface area (Å²) in [5, 5.41) is 25.4. The van der Waals surface area contributed by atoms with Gasteiger partial charge in [0.05, 0.1) is 11.1 Å². The fourth-order valence-electron chi connectivity index (χ4n) is 3.87. The third-order valence-corrected chi connectivity index (χ3v) is 5.11. The fraction of sp³-hybridized carbons (Fsp3) is 0. The minimum absolute atomic E-state index is 0.117. The van der Waals surface area contributed by atoms with Crippen LogP contribution in [-0.4, -0.2) is 0 Å². The first-order valence-corrected chi connectivity index (χ1v) is 8.51. The predicted molar refractivity (Wildman–Crippen MR) is 105 cm³/mol. The Labute approximate surface area is 154 Å². The lowest BCUT2D eigenvalue weighted by molar-refractivity contribution is 0.620. The van der Waals surface area contributed by atoms with E-state index in [1.54, 1.807) is 0 Å². The Morgan fingerprint density at radius 3 is 1.56 bits per heavy atom. The van der Waals surface area contributed by atoms with Gasteiger partial charge in [0.25, 0.3) is 0 Å². The van der Waals surface area contributed by atoms with Crippen molar-refractivity contribution in [3.8, 4) is 23.3 Å². The summed E-state index contributed by atoms with van der Waals surface area (Å²) in [5.41, 5.74) is 1.28. The first-order chi connectivity index (χ1) is 13.2. The van der Waals surface area contributed by atoms with E-state index in [9.17, 15) is 14.9 Å². The van der Waals surface area contributed by atoms with Crippen molar-refractivity contribution < 1.29 is 4.39 Å². The highest BCUT2D eigenvalue weighted by atomic mass is 19.1. The Hall–Kier alpha value is -3.95. The molecule has 0 bridgehead atoms. The van der Waals surface area contributed by atoms with Crippen LogP contribution in [0.25, 0.3) is 43.4 Å². The summed E-state index contributed by atoms with van der Waals surface area (Å²) in [6.45, 7) is 0. The lowest BCUT2D eigenvalue weighted by Crippen LogP contribution is -1.92. The van der Waals surface area contributed by atoms with Crippen LogP contribution in [0.5, 0.6) is 0 Å². The number of nitriles is 2. The molecule has 5 aromatic carbocycles. The van der Waals surface area contributed by atoms with Crippen LogP contribution < -0.4 is 0 Å². The molecule has 5 aromatic rings. The highest BCUT2D eigenvalue weighted by molar-refractivity contribution is 6.23. The summed E-state index contributed by atoms with van der Waals surface area (Å²) in [4.78, 5) is 0. The van der Waals surface area contributed by atoms with Gasteiger partial charge < -0.3 is 0 Å². The molecular weight excluding hydrogens is 335 g/mol. The van der Waals surface area contributed by atoms with E-state index in [0.717, 1.165) is 16.3 Å². The molecule has 0 saturated heterocycles. The Morgan fingerprint density at radius 1 is 0.593 bits per heavy atom. The second-order valence-corrected chi connectivity index (χ2v) is 6.62. The van der Waals surface area contributed by atoms with Crippen LogP contribution in [0.4, 0.5) is 4.39 Å². The highest BCUT2D eigenvalue weighted by Gasteiger charge is 2.14. The standard InChI is InChI=1S/C24H11FN2/c25-24-20(12-26)10-19(11-21(24)13-27)18-8-16-6-4-14-2-1-3-15-5-7-17(9-18)23(16)22(14)15/h1-11H. The van der Waals surface area contributed by atoms with Gasteiger partial charge in [0.1, 0.15) is 12.1 Å². The van der Waals surface area contributed by atoms with E-state index in [1.165, 1.54) is 33.7 Å². The summed E-state index contributed by atoms with van der Waals surface area (Å²) in [7, 11) is 0. The van der Waals surface area contributed by atoms with E-state index in [-0.39, 0.29) is 11.1 Å². The molecule has 0 unspecified atom stereocenters. The zero-order valence-electron chi connectivity index (χ0n) is 14.1. The van der Waals surface area contributed by atoms with Gasteiger partial charge in [-0.25, -0.2) is 4.39 Å². The Balaban J connectivity index is 1.86. The van der Waals surface area contributed by atoms with Gasteiger partial charge in [0.15, 0.2) is 5.82 Å². The van der Waals surface area contributed by atoms with Crippen molar-refractivity contribution in [2.75, 3.05) is 0 Å². The van der Waals surface area contributed by atoms with Gasteiger partial charge in [-0.3, -0.25) is 0 Å². The Bertz CT molecular complexity index is 1350. The van der Waals surface area contributed by atoms with Crippen LogP contribution in [-0.2, 0) is 0 Å². The van der Waals surface area contributed by atoms with Crippen LogP contribution in [0.2, 0.25) is 0 Å². The van der Waals surface area contributed by atoms with Crippen molar-refractivity contribution in [1.82, 2.24) is 0 Å². The lowest BCUT2D eigenvalue weighted by atomic mass is 9.90. The number of benzene rings is 5. The number of halogens is 1. The van der Waals surface area contributed by atoms with Crippen LogP contribution in [0.1, 0.15) is 11.1 Å². The minimum atomic E-state index is -0.763. The number of nitrogens with zero attached hydrogens (tertiary/aromatic N) is 2. The van der Waals surface area contributed by atoms with Gasteiger partial charge in [-0.05, 0) is 67.7 Å². The first-order valence-electron chi connectivity index (χ1n) is 8.51. The van der Waals surface area contributed by atoms with Gasteiger partial charge in [-0.2, -0.15) is 10.5 Å². The summed E-state index contributed by atoms with van der Waals surface area (Å²) >= 11 is 0. The van der Waals surface area contributed by atoms with Gasteiger partial charge in [-0.15, -0.1) is 0 Å². The molecule has 2 nitrogen and oxygen atoms in total. The van der Waals surface area contributed by atoms with Gasteiger partial charge in [0.2, 0.25) is 0 Å². The second-order valence-electron chi connectivity index (χ2n) is 6.62. The molecule has 0 aliphatic carbocycles. The average Bonchev–Trinajstić information content (AvgIpc) is 2.72. The van der Waals surface area contributed by atoms with Gasteiger partial charge in [-0.1, -0.05) is 42.5 Å². The molecule has 0 heterocycles. The highest BCUT2D eigenvalue weighted by Crippen LogP contribution is 2.37. The van der Waals surface area contributed by atoms with E-state index < -0.39 is 5.82 Å². The van der Waals surface area contributed by atoms with E-state index in [4.69, 9.17) is 0 Å². The average molecular weight is 346 g/mol. The van der Waals surface area contributed by atoms with Crippen LogP contribution in [0, 0.1) is 28.5 Å². The van der Waals surface area contributed by atoms with E-state index >= 15 is 0 Å². The topological polar surface area (TPSA) is 47.6 Å². The van der Waals surface area contributed by atoms with Crippen molar-refractivity contribution in [1.29, 1.82) is 10.5 Å². The monoisotopic (exact) mass is 346 g/mol. The quantitative estimate of drug-likeness (QED) is 0.343. The van der Waals surface area contributed by atoms with E-state index in [1.807, 2.05) is 24.3 Å². The molecule has 0 aromatic heterocycles. The number of hydrogen-bond donors (Lipinski definition) is 0. The summed E-state index contributed by atoms with van der Waals surface area (Å²) in [5.74, 6) is -0.763. The molecule has 0 N–H and O–H groups in total. The van der Waals surface area contributed by atoms with E-state index in [2.05, 4.69) is 42.5 Å². The summed E-state index contributed by atoms with van der Waals surface area (Å²) in [6.07, 6.45) is 0. The molecule has 0 spiro atoms. The predicted octanol–water partition coefficient (Wildman–Crippen LogP) is 6.13. The van der Waals surface area contributed by atoms with Gasteiger partial charge >= 0.3 is 0 Å². The largest absolute Gasteiger partial charge is 0.204 e. The summed E-state index contributed by atoms with van der Waals surface area (Å²) < 4.78 is 14.1. The third-order valence-electron chi connectivity index (χ3n) is 5.11. The van der Waals surface area contributed by atoms with Crippen molar-refractivity contribution in [3.05, 3.63) is 83.7 Å². The Morgan fingerprint density at radius 2 is 1.04 bits per heavy atom. The minimum Gasteiger partial charge on any atom is -0.204 e. The molecule has 0 aliphatic rings. The molecule has 0 atom stereocenters. The molecule has 0 radical (unpaired) electrons. The smallest absolute Gasteiger partial charge is 0.158 e. The molecule has 0 saturated carbocycles. The van der Waals surface area contributed by atoms with Gasteiger partial charge in [0, 0.05) is 0 Å². The first kappa shape index (κ1) is 15.3. The zero-order valence-corrected chi connectivity index (χ0v) is 14.1. The van der Waals surface area contributed by atoms with Crippen molar-refractivity contribution in [2.24, 2.45) is 0 Å². The lowest BCUT2D eigenvalue weighted by Gasteiger charge is -2.13. The van der Waals surface area contributed by atoms with Crippen LogP contribution in [0.15, 0.2) is 66.7 Å². The van der Waals surface area contributed by atoms with E-state index in [0.29, 0.717) is 5.56 Å². The zero-order chi connectivity index (χ0) is 18.5. The summed E-state index contributed by atoms with van der Waals surface area (Å²) in [6, 6.07) is 25.4. The second kappa shape index (κ2) is 5.53. The molecule has 0 fully saturated rings. The molecule has 27 heavy (non-hydrogen) atoms. The molecule has 0 aliphatic heterocycles. The maximum Gasteiger partial charge on any atom is 0.158 e. The van der Waals surface area contributed by atoms with Crippen molar-refractivity contribution >= 4 is 32.3 Å². The fourth-order valence-corrected chi connectivity index (χ4v) is 3.87. The van der Waals surface area contributed by atoms with Crippen molar-refractivity contribution in [3.63, 3.8) is 0 Å². The third kappa shape index (κ3) is 2.16. The molecule has 124 valence electrons. The SMILES string of the molecule is N#Cc1cc(-c2cc3ccc4cccc5ccc(c2)c3c45)cc(C#N)c1F. The van der Waals surface area contributed by atoms with Crippen LogP contribution in [0.3, 0.4) is 0 Å². The molecule has 3 heteroatoms. The normalized spacial score (nSPS) is 11.1. The maximum absolute atomic E-state index is 14.1. The van der Waals surface area contributed by atoms with Crippen LogP contribution >= 0.6 is 0 Å².